The summed E-state index contributed by atoms with van der Waals surface area (Å²) in [6, 6.07) is 6.11. The number of benzene rings is 1. The van der Waals surface area contributed by atoms with Gasteiger partial charge in [-0.15, -0.1) is 5.17 Å². The molecule has 0 saturated heterocycles. The third kappa shape index (κ3) is 2.47. The Morgan fingerprint density at radius 2 is 2.10 bits per heavy atom. The quantitative estimate of drug-likeness (QED) is 0.798. The van der Waals surface area contributed by atoms with Gasteiger partial charge in [0.05, 0.1) is 6.20 Å². The summed E-state index contributed by atoms with van der Waals surface area (Å²) in [5.74, 6) is 0.546. The van der Waals surface area contributed by atoms with Crippen molar-refractivity contribution in [3.63, 3.8) is 0 Å². The monoisotopic (exact) mass is 274 g/mol. The highest BCUT2D eigenvalue weighted by Gasteiger charge is 2.12. The van der Waals surface area contributed by atoms with E-state index in [1.54, 1.807) is 30.5 Å². The molecule has 0 atom stereocenters. The first-order chi connectivity index (χ1) is 9.72. The van der Waals surface area contributed by atoms with Crippen molar-refractivity contribution in [3.8, 4) is 11.3 Å². The van der Waals surface area contributed by atoms with Crippen molar-refractivity contribution in [1.29, 1.82) is 0 Å². The van der Waals surface area contributed by atoms with Crippen LogP contribution < -0.4 is 10.7 Å². The van der Waals surface area contributed by atoms with Crippen molar-refractivity contribution in [1.82, 2.24) is 15.6 Å². The van der Waals surface area contributed by atoms with Crippen LogP contribution in [0.5, 0.6) is 0 Å². The van der Waals surface area contributed by atoms with Crippen LogP contribution in [0.15, 0.2) is 59.1 Å². The number of hydrazine groups is 1. The zero-order chi connectivity index (χ0) is 13.9. The summed E-state index contributed by atoms with van der Waals surface area (Å²) in [6.45, 7) is 0. The molecule has 0 spiro atoms. The molecule has 1 aromatic heterocycles. The molecular formula is C13H11FN4O2. The second-order valence-corrected chi connectivity index (χ2v) is 4.01. The molecule has 6 nitrogen and oxygen atoms in total. The van der Waals surface area contributed by atoms with Crippen LogP contribution >= 0.6 is 0 Å². The van der Waals surface area contributed by atoms with Crippen molar-refractivity contribution in [2.75, 3.05) is 5.32 Å². The standard InChI is InChI=1S/C13H11FN4O2/c14-10-5-3-9(4-6-10)11-8-15-13(20-11)17-12-2-1-7-16-18(12)19/h1-8,16,19H,(H,15,17). The van der Waals surface area contributed by atoms with Gasteiger partial charge in [0.15, 0.2) is 11.6 Å². The van der Waals surface area contributed by atoms with E-state index in [4.69, 9.17) is 4.42 Å². The van der Waals surface area contributed by atoms with Crippen molar-refractivity contribution >= 4 is 6.01 Å². The van der Waals surface area contributed by atoms with E-state index in [1.165, 1.54) is 18.3 Å². The van der Waals surface area contributed by atoms with Gasteiger partial charge in [-0.1, -0.05) is 0 Å². The number of aromatic nitrogens is 1. The summed E-state index contributed by atoms with van der Waals surface area (Å²) < 4.78 is 18.3. The largest absolute Gasteiger partial charge is 0.423 e. The topological polar surface area (TPSA) is 73.6 Å². The molecule has 0 unspecified atom stereocenters. The fraction of sp³-hybridized carbons (Fsp3) is 0. The molecule has 102 valence electrons. The van der Waals surface area contributed by atoms with E-state index < -0.39 is 0 Å². The summed E-state index contributed by atoms with van der Waals surface area (Å²) in [5.41, 5.74) is 3.27. The SMILES string of the molecule is ON1NC=CC=C1Nc1ncc(-c2ccc(F)cc2)o1. The first-order valence-electron chi connectivity index (χ1n) is 5.83. The van der Waals surface area contributed by atoms with Crippen molar-refractivity contribution in [2.45, 2.75) is 0 Å². The first-order valence-corrected chi connectivity index (χ1v) is 5.83. The molecule has 2 aromatic rings. The fourth-order valence-electron chi connectivity index (χ4n) is 1.68. The number of hydroxylamine groups is 1. The number of hydrogen-bond acceptors (Lipinski definition) is 6. The normalized spacial score (nSPS) is 13.9. The lowest BCUT2D eigenvalue weighted by Gasteiger charge is -2.21. The Morgan fingerprint density at radius 3 is 2.85 bits per heavy atom. The number of nitrogens with zero attached hydrogens (tertiary/aromatic N) is 2. The van der Waals surface area contributed by atoms with Gasteiger partial charge in [0, 0.05) is 11.8 Å². The molecular weight excluding hydrogens is 263 g/mol. The Hall–Kier alpha value is -2.80. The van der Waals surface area contributed by atoms with Gasteiger partial charge >= 0.3 is 6.01 Å². The van der Waals surface area contributed by atoms with E-state index in [0.717, 1.165) is 5.17 Å². The molecule has 0 saturated carbocycles. The Balaban J connectivity index is 1.78. The molecule has 1 aromatic carbocycles. The third-order valence-electron chi connectivity index (χ3n) is 2.64. The van der Waals surface area contributed by atoms with E-state index in [-0.39, 0.29) is 11.8 Å². The second-order valence-electron chi connectivity index (χ2n) is 4.01. The average Bonchev–Trinajstić information content (AvgIpc) is 2.91. The second kappa shape index (κ2) is 5.06. The smallest absolute Gasteiger partial charge is 0.300 e. The van der Waals surface area contributed by atoms with Gasteiger partial charge in [0.1, 0.15) is 5.82 Å². The molecule has 0 amide bonds. The van der Waals surface area contributed by atoms with Gasteiger partial charge in [0.25, 0.3) is 0 Å². The predicted octanol–water partition coefficient (Wildman–Crippen LogP) is 2.46. The highest BCUT2D eigenvalue weighted by molar-refractivity contribution is 5.57. The minimum atomic E-state index is -0.312. The summed E-state index contributed by atoms with van der Waals surface area (Å²) in [7, 11) is 0. The molecule has 20 heavy (non-hydrogen) atoms. The number of allylic oxidation sites excluding steroid dienone is 2. The lowest BCUT2D eigenvalue weighted by Crippen LogP contribution is -2.34. The Labute approximate surface area is 113 Å². The highest BCUT2D eigenvalue weighted by Crippen LogP contribution is 2.23. The minimum absolute atomic E-state index is 0.215. The van der Waals surface area contributed by atoms with Crippen LogP contribution in [0.2, 0.25) is 0 Å². The number of nitrogens with one attached hydrogen (secondary N) is 2. The van der Waals surface area contributed by atoms with Crippen LogP contribution in [0, 0.1) is 5.82 Å². The summed E-state index contributed by atoms with van der Waals surface area (Å²) in [5, 5.41) is 13.1. The first kappa shape index (κ1) is 12.2. The van der Waals surface area contributed by atoms with Crippen LogP contribution in [0.3, 0.4) is 0 Å². The number of rotatable bonds is 3. The van der Waals surface area contributed by atoms with Gasteiger partial charge in [-0.25, -0.2) is 9.37 Å². The van der Waals surface area contributed by atoms with Crippen molar-refractivity contribution in [3.05, 3.63) is 60.5 Å². The summed E-state index contributed by atoms with van der Waals surface area (Å²) in [4.78, 5) is 4.04. The zero-order valence-corrected chi connectivity index (χ0v) is 10.2. The number of halogens is 1. The maximum Gasteiger partial charge on any atom is 0.300 e. The molecule has 3 rings (SSSR count). The molecule has 0 aliphatic carbocycles. The van der Waals surface area contributed by atoms with Crippen LogP contribution in [0.4, 0.5) is 10.4 Å². The molecule has 0 radical (unpaired) electrons. The van der Waals surface area contributed by atoms with Crippen LogP contribution in [0.1, 0.15) is 0 Å². The lowest BCUT2D eigenvalue weighted by molar-refractivity contribution is -0.0891. The van der Waals surface area contributed by atoms with E-state index >= 15 is 0 Å². The Morgan fingerprint density at radius 1 is 1.30 bits per heavy atom. The molecule has 7 heteroatoms. The summed E-state index contributed by atoms with van der Waals surface area (Å²) in [6.07, 6.45) is 6.42. The highest BCUT2D eigenvalue weighted by atomic mass is 19.1. The van der Waals surface area contributed by atoms with Gasteiger partial charge in [-0.3, -0.25) is 15.9 Å². The maximum atomic E-state index is 12.8. The van der Waals surface area contributed by atoms with Gasteiger partial charge in [0.2, 0.25) is 0 Å². The van der Waals surface area contributed by atoms with Crippen molar-refractivity contribution < 1.29 is 14.0 Å². The molecule has 0 bridgehead atoms. The van der Waals surface area contributed by atoms with Crippen LogP contribution in [-0.2, 0) is 0 Å². The number of anilines is 1. The van der Waals surface area contributed by atoms with Crippen LogP contribution in [0.25, 0.3) is 11.3 Å². The van der Waals surface area contributed by atoms with E-state index in [9.17, 15) is 9.60 Å². The number of oxazole rings is 1. The predicted molar refractivity (Wildman–Crippen MR) is 69.5 cm³/mol. The average molecular weight is 274 g/mol. The molecule has 0 fully saturated rings. The molecule has 2 heterocycles. The van der Waals surface area contributed by atoms with Crippen molar-refractivity contribution in [2.24, 2.45) is 0 Å². The third-order valence-corrected chi connectivity index (χ3v) is 2.64. The summed E-state index contributed by atoms with van der Waals surface area (Å²) >= 11 is 0. The molecule has 1 aliphatic rings. The van der Waals surface area contributed by atoms with E-state index in [2.05, 4.69) is 15.7 Å². The maximum absolute atomic E-state index is 12.8. The lowest BCUT2D eigenvalue weighted by atomic mass is 10.2. The minimum Gasteiger partial charge on any atom is -0.423 e. The van der Waals surface area contributed by atoms with Crippen LogP contribution in [-0.4, -0.2) is 15.4 Å². The molecule has 1 aliphatic heterocycles. The fourth-order valence-corrected chi connectivity index (χ4v) is 1.68. The van der Waals surface area contributed by atoms with Gasteiger partial charge in [-0.05, 0) is 36.4 Å². The van der Waals surface area contributed by atoms with Gasteiger partial charge < -0.3 is 4.42 Å². The van der Waals surface area contributed by atoms with E-state index in [0.29, 0.717) is 17.1 Å². The zero-order valence-electron chi connectivity index (χ0n) is 10.2. The number of hydrogen-bond donors (Lipinski definition) is 3. The Kier molecular flexibility index (Phi) is 3.10. The van der Waals surface area contributed by atoms with Gasteiger partial charge in [-0.2, -0.15) is 0 Å². The Bertz CT molecular complexity index is 663. The molecule has 3 N–H and O–H groups in total. The van der Waals surface area contributed by atoms with E-state index in [1.807, 2.05) is 0 Å².